The Bertz CT molecular complexity index is 2120. The molecule has 3 aromatic rings. The fraction of sp³-hybridized carbons (Fsp3) is 0.490. The van der Waals surface area contributed by atoms with Gasteiger partial charge < -0.3 is 39.5 Å². The van der Waals surface area contributed by atoms with E-state index in [1.165, 1.54) is 12.1 Å². The maximum atomic E-state index is 14.4. The van der Waals surface area contributed by atoms with E-state index < -0.39 is 28.8 Å². The van der Waals surface area contributed by atoms with E-state index in [-0.39, 0.29) is 68.1 Å². The Kier molecular flexibility index (Phi) is 15.3. The highest BCUT2D eigenvalue weighted by Gasteiger charge is 2.65. The molecule has 3 N–H and O–H groups in total. The summed E-state index contributed by atoms with van der Waals surface area (Å²) in [6.45, 7) is 7.14. The van der Waals surface area contributed by atoms with E-state index in [1.807, 2.05) is 54.3 Å². The highest BCUT2D eigenvalue weighted by atomic mass is 16.7. The molecule has 0 spiro atoms. The van der Waals surface area contributed by atoms with Gasteiger partial charge in [-0.25, -0.2) is 4.79 Å². The third kappa shape index (κ3) is 10.5. The SMILES string of the molecule is C=CCO[C@@]12Oc3ccc(OC(=O)NCc4ccccc4)cc3[C@H]3[C@H](CCCCO)[C@@H](CCCCO)C=C(C(=NOCc4ccc([N+](=O)[O-])cc4)C[C@@H]1N(CCC)C(=O)C1CC1)[C@H]32. The van der Waals surface area contributed by atoms with Crippen LogP contribution in [0.15, 0.2) is 102 Å². The summed E-state index contributed by atoms with van der Waals surface area (Å²) < 4.78 is 20.3. The van der Waals surface area contributed by atoms with Crippen LogP contribution in [0.4, 0.5) is 10.5 Å². The van der Waals surface area contributed by atoms with E-state index in [4.69, 9.17) is 24.2 Å². The minimum Gasteiger partial charge on any atom is -0.459 e. The second-order valence-electron chi connectivity index (χ2n) is 17.0. The third-order valence-electron chi connectivity index (χ3n) is 12.7. The smallest absolute Gasteiger partial charge is 0.412 e. The molecule has 2 fully saturated rings. The zero-order valence-corrected chi connectivity index (χ0v) is 36.1. The average Bonchev–Trinajstić information content (AvgIpc) is 4.15. The molecular formula is C49H60N4O10. The Morgan fingerprint density at radius 1 is 1.02 bits per heavy atom. The van der Waals surface area contributed by atoms with Gasteiger partial charge in [0.15, 0.2) is 0 Å². The number of hydrogen-bond acceptors (Lipinski definition) is 11. The summed E-state index contributed by atoms with van der Waals surface area (Å²) in [7, 11) is 0. The topological polar surface area (TPSA) is 182 Å². The number of aliphatic hydroxyl groups is 2. The van der Waals surface area contributed by atoms with Crippen molar-refractivity contribution in [3.8, 4) is 11.5 Å². The highest BCUT2D eigenvalue weighted by molar-refractivity contribution is 6.03. The van der Waals surface area contributed by atoms with Gasteiger partial charge in [0.2, 0.25) is 11.7 Å². The van der Waals surface area contributed by atoms with Crippen molar-refractivity contribution < 1.29 is 43.8 Å². The van der Waals surface area contributed by atoms with Crippen LogP contribution < -0.4 is 14.8 Å². The molecule has 0 unspecified atom stereocenters. The number of unbranched alkanes of at least 4 members (excludes halogenated alkanes) is 2. The molecule has 1 heterocycles. The lowest BCUT2D eigenvalue weighted by molar-refractivity contribution is -0.384. The number of amides is 2. The number of fused-ring (bicyclic) bond motifs is 2. The van der Waals surface area contributed by atoms with Crippen LogP contribution in [-0.4, -0.2) is 75.9 Å². The van der Waals surface area contributed by atoms with Gasteiger partial charge in [-0.05, 0) is 104 Å². The molecule has 4 aliphatic rings. The van der Waals surface area contributed by atoms with Crippen LogP contribution in [0.25, 0.3) is 0 Å². The van der Waals surface area contributed by atoms with Crippen LogP contribution in [-0.2, 0) is 27.5 Å². The summed E-state index contributed by atoms with van der Waals surface area (Å²) >= 11 is 0. The molecule has 63 heavy (non-hydrogen) atoms. The van der Waals surface area contributed by atoms with Gasteiger partial charge in [-0.1, -0.05) is 67.4 Å². The first-order chi connectivity index (χ1) is 30.7. The van der Waals surface area contributed by atoms with Gasteiger partial charge in [-0.15, -0.1) is 6.58 Å². The average molecular weight is 865 g/mol. The Balaban J connectivity index is 1.36. The molecule has 2 amide bonds. The highest BCUT2D eigenvalue weighted by Crippen LogP contribution is 2.62. The standard InChI is InChI=1S/C49H60N4O10/c1-3-24-52(47(56)35-18-19-35)44-30-42(51-61-32-34-16-20-37(21-17-34)53(58)59)40-28-36(14-8-10-25-54)39(15-9-11-26-55)45-41-29-38(62-48(57)50-31-33-12-6-5-7-13-33)22-23-43(41)63-49(44,46(40)45)60-27-4-2/h4-7,12-13,16-17,20-23,28-29,35-36,39,44-46,54-55H,2-3,8-11,14-15,18-19,24-27,30-32H2,1H3,(H,50,57)/t36-,39+,44-,45+,46+,49+/m0/s1. The summed E-state index contributed by atoms with van der Waals surface area (Å²) in [5.41, 5.74) is 3.98. The van der Waals surface area contributed by atoms with E-state index in [0.717, 1.165) is 55.2 Å². The lowest BCUT2D eigenvalue weighted by Gasteiger charge is -2.60. The van der Waals surface area contributed by atoms with Gasteiger partial charge in [0.25, 0.3) is 5.69 Å². The number of nitro groups is 1. The van der Waals surface area contributed by atoms with Gasteiger partial charge in [-0.3, -0.25) is 14.9 Å². The first-order valence-corrected chi connectivity index (χ1v) is 22.4. The van der Waals surface area contributed by atoms with Crippen molar-refractivity contribution in [1.82, 2.24) is 10.2 Å². The van der Waals surface area contributed by atoms with Gasteiger partial charge in [0, 0.05) is 62.3 Å². The van der Waals surface area contributed by atoms with E-state index in [9.17, 15) is 29.9 Å². The van der Waals surface area contributed by atoms with Crippen molar-refractivity contribution in [3.05, 3.63) is 124 Å². The Labute approximate surface area is 369 Å². The molecule has 1 aliphatic heterocycles. The number of nitro benzene ring substituents is 1. The number of carbonyl (C=O) groups excluding carboxylic acids is 2. The number of oxime groups is 1. The molecule has 7 rings (SSSR count). The van der Waals surface area contributed by atoms with E-state index in [2.05, 4.69) is 18.0 Å². The van der Waals surface area contributed by atoms with Crippen LogP contribution in [0.2, 0.25) is 0 Å². The molecule has 0 aromatic heterocycles. The molecule has 336 valence electrons. The molecule has 3 aromatic carbocycles. The zero-order chi connectivity index (χ0) is 44.3. The molecule has 2 saturated carbocycles. The molecule has 6 atom stereocenters. The first kappa shape index (κ1) is 45.5. The maximum Gasteiger partial charge on any atom is 0.412 e. The number of hydrogen-bond donors (Lipinski definition) is 3. The van der Waals surface area contributed by atoms with Crippen LogP contribution in [0.1, 0.15) is 93.7 Å². The van der Waals surface area contributed by atoms with Crippen LogP contribution >= 0.6 is 0 Å². The Morgan fingerprint density at radius 2 is 1.76 bits per heavy atom. The largest absolute Gasteiger partial charge is 0.459 e. The van der Waals surface area contributed by atoms with Crippen molar-refractivity contribution in [1.29, 1.82) is 0 Å². The third-order valence-corrected chi connectivity index (χ3v) is 12.7. The molecule has 14 heteroatoms. The number of non-ortho nitro benzene ring substituents is 1. The molecule has 3 aliphatic carbocycles. The predicted molar refractivity (Wildman–Crippen MR) is 237 cm³/mol. The molecule has 0 radical (unpaired) electrons. The fourth-order valence-electron chi connectivity index (χ4n) is 9.75. The summed E-state index contributed by atoms with van der Waals surface area (Å²) in [6, 6.07) is 20.5. The number of allylic oxidation sites excluding steroid dienone is 1. The number of carbonyl (C=O) groups is 2. The van der Waals surface area contributed by atoms with Crippen molar-refractivity contribution in [3.63, 3.8) is 0 Å². The van der Waals surface area contributed by atoms with E-state index >= 15 is 0 Å². The van der Waals surface area contributed by atoms with Crippen LogP contribution in [0.5, 0.6) is 11.5 Å². The molecule has 14 nitrogen and oxygen atoms in total. The van der Waals surface area contributed by atoms with Gasteiger partial charge in [-0.2, -0.15) is 0 Å². The number of nitrogens with one attached hydrogen (secondary N) is 1. The molecular weight excluding hydrogens is 805 g/mol. The van der Waals surface area contributed by atoms with Crippen LogP contribution in [0, 0.1) is 33.8 Å². The minimum absolute atomic E-state index is 0.00422. The lowest BCUT2D eigenvalue weighted by atomic mass is 9.55. The number of rotatable bonds is 22. The number of nitrogens with zero attached hydrogens (tertiary/aromatic N) is 3. The fourth-order valence-corrected chi connectivity index (χ4v) is 9.75. The monoisotopic (exact) mass is 864 g/mol. The van der Waals surface area contributed by atoms with Crippen molar-refractivity contribution in [2.45, 2.75) is 102 Å². The lowest BCUT2D eigenvalue weighted by Crippen LogP contribution is -2.70. The Hall–Kier alpha value is -5.57. The zero-order valence-electron chi connectivity index (χ0n) is 36.1. The van der Waals surface area contributed by atoms with Crippen molar-refractivity contribution in [2.75, 3.05) is 26.4 Å². The summed E-state index contributed by atoms with van der Waals surface area (Å²) in [5, 5.41) is 38.9. The van der Waals surface area contributed by atoms with Crippen molar-refractivity contribution >= 4 is 23.4 Å². The van der Waals surface area contributed by atoms with E-state index in [1.54, 1.807) is 24.3 Å². The molecule has 0 bridgehead atoms. The summed E-state index contributed by atoms with van der Waals surface area (Å²) in [4.78, 5) is 46.7. The second kappa shape index (κ2) is 21.2. The summed E-state index contributed by atoms with van der Waals surface area (Å²) in [6.07, 6.45) is 10.3. The minimum atomic E-state index is -1.39. The van der Waals surface area contributed by atoms with E-state index in [0.29, 0.717) is 55.1 Å². The maximum absolute atomic E-state index is 14.4. The second-order valence-corrected chi connectivity index (χ2v) is 17.0. The number of ether oxygens (including phenoxy) is 3. The van der Waals surface area contributed by atoms with Gasteiger partial charge in [0.05, 0.1) is 23.2 Å². The van der Waals surface area contributed by atoms with Gasteiger partial charge in [0.1, 0.15) is 24.1 Å². The van der Waals surface area contributed by atoms with Crippen molar-refractivity contribution in [2.24, 2.45) is 28.8 Å². The number of benzene rings is 3. The Morgan fingerprint density at radius 3 is 2.44 bits per heavy atom. The number of aliphatic hydroxyl groups excluding tert-OH is 2. The molecule has 0 saturated heterocycles. The van der Waals surface area contributed by atoms with Gasteiger partial charge >= 0.3 is 6.09 Å². The summed E-state index contributed by atoms with van der Waals surface area (Å²) in [5.74, 6) is -1.35. The van der Waals surface area contributed by atoms with Crippen LogP contribution in [0.3, 0.4) is 0 Å². The quantitative estimate of drug-likeness (QED) is 0.0384. The predicted octanol–water partition coefficient (Wildman–Crippen LogP) is 8.37. The normalized spacial score (nSPS) is 24.0. The first-order valence-electron chi connectivity index (χ1n) is 22.4.